The Balaban J connectivity index is 2.15. The van der Waals surface area contributed by atoms with Crippen molar-refractivity contribution >= 4 is 28.8 Å². The smallest absolute Gasteiger partial charge is 0.255 e. The van der Waals surface area contributed by atoms with Gasteiger partial charge in [0.25, 0.3) is 5.91 Å². The zero-order valence-electron chi connectivity index (χ0n) is 10.3. The number of amides is 1. The highest BCUT2D eigenvalue weighted by Crippen LogP contribution is 2.20. The van der Waals surface area contributed by atoms with Crippen molar-refractivity contribution in [3.8, 4) is 0 Å². The molecule has 2 rings (SSSR count). The van der Waals surface area contributed by atoms with Gasteiger partial charge in [-0.2, -0.15) is 0 Å². The lowest BCUT2D eigenvalue weighted by atomic mass is 10.2. The Bertz CT molecular complexity index is 617. The van der Waals surface area contributed by atoms with E-state index < -0.39 is 11.7 Å². The van der Waals surface area contributed by atoms with E-state index in [0.717, 1.165) is 22.1 Å². The lowest BCUT2D eigenvalue weighted by Gasteiger charge is -2.11. The van der Waals surface area contributed by atoms with E-state index in [1.54, 1.807) is 13.1 Å². The highest BCUT2D eigenvalue weighted by molar-refractivity contribution is 7.11. The Labute approximate surface area is 118 Å². The van der Waals surface area contributed by atoms with Crippen LogP contribution in [0.2, 0.25) is 5.15 Å². The van der Waals surface area contributed by atoms with Crippen molar-refractivity contribution in [3.63, 3.8) is 0 Å². The third-order valence-electron chi connectivity index (χ3n) is 2.41. The second-order valence-corrected chi connectivity index (χ2v) is 5.62. The van der Waals surface area contributed by atoms with E-state index in [2.05, 4.69) is 15.3 Å². The molecule has 2 heterocycles. The summed E-state index contributed by atoms with van der Waals surface area (Å²) < 4.78 is 13.1. The molecule has 0 aromatic carbocycles. The second-order valence-electron chi connectivity index (χ2n) is 4.00. The van der Waals surface area contributed by atoms with Gasteiger partial charge in [-0.25, -0.2) is 14.4 Å². The van der Waals surface area contributed by atoms with Crippen molar-refractivity contribution in [1.29, 1.82) is 0 Å². The van der Waals surface area contributed by atoms with E-state index in [1.165, 1.54) is 11.3 Å². The van der Waals surface area contributed by atoms with Gasteiger partial charge in [0, 0.05) is 11.1 Å². The maximum absolute atomic E-state index is 13.1. The predicted molar refractivity (Wildman–Crippen MR) is 71.9 cm³/mol. The Morgan fingerprint density at radius 2 is 2.21 bits per heavy atom. The summed E-state index contributed by atoms with van der Waals surface area (Å²) in [5, 5.41) is 3.47. The van der Waals surface area contributed by atoms with Gasteiger partial charge in [-0.3, -0.25) is 4.79 Å². The fraction of sp³-hybridized carbons (Fsp3) is 0.250. The molecule has 0 fully saturated rings. The second kappa shape index (κ2) is 5.63. The normalized spacial score (nSPS) is 12.2. The van der Waals surface area contributed by atoms with Gasteiger partial charge < -0.3 is 5.32 Å². The molecule has 2 aromatic rings. The Kier molecular flexibility index (Phi) is 4.11. The van der Waals surface area contributed by atoms with Gasteiger partial charge in [0.15, 0.2) is 0 Å². The average molecular weight is 300 g/mol. The molecule has 0 bridgehead atoms. The maximum atomic E-state index is 13.1. The predicted octanol–water partition coefficient (Wildman–Crippen LogP) is 3.13. The van der Waals surface area contributed by atoms with Gasteiger partial charge in [-0.1, -0.05) is 11.6 Å². The van der Waals surface area contributed by atoms with Crippen molar-refractivity contribution in [1.82, 2.24) is 15.3 Å². The first-order valence-electron chi connectivity index (χ1n) is 5.51. The number of rotatable bonds is 3. The highest BCUT2D eigenvalue weighted by atomic mass is 35.5. The summed E-state index contributed by atoms with van der Waals surface area (Å²) in [6.07, 6.45) is 2.70. The van der Waals surface area contributed by atoms with E-state index in [1.807, 2.05) is 6.92 Å². The minimum atomic E-state index is -0.604. The molecule has 0 radical (unpaired) electrons. The molecule has 100 valence electrons. The Hall–Kier alpha value is -1.53. The van der Waals surface area contributed by atoms with E-state index in [-0.39, 0.29) is 16.8 Å². The summed E-state index contributed by atoms with van der Waals surface area (Å²) in [4.78, 5) is 20.8. The van der Waals surface area contributed by atoms with Crippen LogP contribution in [0.25, 0.3) is 0 Å². The van der Waals surface area contributed by atoms with Crippen molar-refractivity contribution in [2.24, 2.45) is 0 Å². The molecule has 0 aliphatic rings. The van der Waals surface area contributed by atoms with Crippen LogP contribution in [0, 0.1) is 12.7 Å². The molecule has 1 atom stereocenters. The van der Waals surface area contributed by atoms with Crippen LogP contribution >= 0.6 is 22.9 Å². The van der Waals surface area contributed by atoms with Crippen molar-refractivity contribution < 1.29 is 9.18 Å². The van der Waals surface area contributed by atoms with Gasteiger partial charge in [-0.15, -0.1) is 11.3 Å². The molecule has 2 aromatic heterocycles. The number of pyridine rings is 1. The summed E-state index contributed by atoms with van der Waals surface area (Å²) in [6, 6.07) is 0.787. The van der Waals surface area contributed by atoms with Gasteiger partial charge in [0.1, 0.15) is 16.0 Å². The van der Waals surface area contributed by atoms with Gasteiger partial charge in [-0.05, 0) is 19.9 Å². The first-order chi connectivity index (χ1) is 8.97. The molecule has 0 aliphatic carbocycles. The number of carbonyl (C=O) groups is 1. The molecule has 19 heavy (non-hydrogen) atoms. The topological polar surface area (TPSA) is 54.9 Å². The molecule has 1 unspecified atom stereocenters. The van der Waals surface area contributed by atoms with Crippen molar-refractivity contribution in [2.75, 3.05) is 0 Å². The van der Waals surface area contributed by atoms with E-state index in [9.17, 15) is 9.18 Å². The zero-order chi connectivity index (χ0) is 14.0. The first kappa shape index (κ1) is 13.9. The number of nitrogens with zero attached hydrogens (tertiary/aromatic N) is 2. The quantitative estimate of drug-likeness (QED) is 0.886. The van der Waals surface area contributed by atoms with Crippen molar-refractivity contribution in [2.45, 2.75) is 19.9 Å². The molecule has 1 N–H and O–H groups in total. The fourth-order valence-corrected chi connectivity index (χ4v) is 2.46. The number of aromatic nitrogens is 2. The molecule has 0 saturated carbocycles. The number of halogens is 2. The zero-order valence-corrected chi connectivity index (χ0v) is 11.8. The van der Waals surface area contributed by atoms with E-state index in [0.29, 0.717) is 0 Å². The molecule has 4 nitrogen and oxygen atoms in total. The lowest BCUT2D eigenvalue weighted by molar-refractivity contribution is 0.0939. The van der Waals surface area contributed by atoms with Crippen LogP contribution in [0.4, 0.5) is 4.39 Å². The SMILES string of the molecule is Cc1cnc(C(C)NC(=O)c2cc(F)cnc2Cl)s1. The largest absolute Gasteiger partial charge is 0.343 e. The van der Waals surface area contributed by atoms with Crippen molar-refractivity contribution in [3.05, 3.63) is 44.9 Å². The molecular weight excluding hydrogens is 289 g/mol. The highest BCUT2D eigenvalue weighted by Gasteiger charge is 2.17. The third-order valence-corrected chi connectivity index (χ3v) is 3.80. The number of thiazole rings is 1. The van der Waals surface area contributed by atoms with Crippen LogP contribution in [-0.4, -0.2) is 15.9 Å². The summed E-state index contributed by atoms with van der Waals surface area (Å²) in [7, 11) is 0. The minimum Gasteiger partial charge on any atom is -0.343 e. The molecule has 1 amide bonds. The summed E-state index contributed by atoms with van der Waals surface area (Å²) in [5.74, 6) is -1.08. The molecule has 7 heteroatoms. The number of aryl methyl sites for hydroxylation is 1. The van der Waals surface area contributed by atoms with E-state index in [4.69, 9.17) is 11.6 Å². The molecular formula is C12H11ClFN3OS. The minimum absolute atomic E-state index is 0.0156. The standard InChI is InChI=1S/C12H11ClFN3OS/c1-6-4-16-12(19-6)7(2)17-11(18)9-3-8(14)5-15-10(9)13/h3-5,7H,1-2H3,(H,17,18). The number of hydrogen-bond acceptors (Lipinski definition) is 4. The van der Waals surface area contributed by atoms with Crippen LogP contribution in [0.5, 0.6) is 0 Å². The van der Waals surface area contributed by atoms with Crippen LogP contribution in [0.15, 0.2) is 18.5 Å². The van der Waals surface area contributed by atoms with Gasteiger partial charge in [0.2, 0.25) is 0 Å². The van der Waals surface area contributed by atoms with Gasteiger partial charge >= 0.3 is 0 Å². The number of nitrogens with one attached hydrogen (secondary N) is 1. The van der Waals surface area contributed by atoms with Crippen LogP contribution in [-0.2, 0) is 0 Å². The summed E-state index contributed by atoms with van der Waals surface area (Å²) >= 11 is 7.26. The van der Waals surface area contributed by atoms with Gasteiger partial charge in [0.05, 0.1) is 17.8 Å². The maximum Gasteiger partial charge on any atom is 0.255 e. The molecule has 0 aliphatic heterocycles. The first-order valence-corrected chi connectivity index (χ1v) is 6.71. The Morgan fingerprint density at radius 1 is 1.47 bits per heavy atom. The Morgan fingerprint density at radius 3 is 2.84 bits per heavy atom. The van der Waals surface area contributed by atoms with Crippen LogP contribution in [0.3, 0.4) is 0 Å². The van der Waals surface area contributed by atoms with Crippen LogP contribution in [0.1, 0.15) is 33.2 Å². The molecule has 0 spiro atoms. The third kappa shape index (κ3) is 3.27. The summed E-state index contributed by atoms with van der Waals surface area (Å²) in [5.41, 5.74) is 0.0156. The number of carbonyl (C=O) groups excluding carboxylic acids is 1. The monoisotopic (exact) mass is 299 g/mol. The van der Waals surface area contributed by atoms with Crippen LogP contribution < -0.4 is 5.32 Å². The fourth-order valence-electron chi connectivity index (χ4n) is 1.49. The number of hydrogen-bond donors (Lipinski definition) is 1. The summed E-state index contributed by atoms with van der Waals surface area (Å²) in [6.45, 7) is 3.74. The molecule has 0 saturated heterocycles. The average Bonchev–Trinajstić information content (AvgIpc) is 2.79. The van der Waals surface area contributed by atoms with E-state index >= 15 is 0 Å². The lowest BCUT2D eigenvalue weighted by Crippen LogP contribution is -2.27.